The van der Waals surface area contributed by atoms with Crippen molar-refractivity contribution in [3.63, 3.8) is 0 Å². The molecule has 0 atom stereocenters. The first-order valence-corrected chi connectivity index (χ1v) is 7.25. The Balaban J connectivity index is 1.96. The first kappa shape index (κ1) is 14.0. The van der Waals surface area contributed by atoms with Crippen molar-refractivity contribution in [2.45, 2.75) is 39.3 Å². The van der Waals surface area contributed by atoms with Crippen molar-refractivity contribution < 1.29 is 5.11 Å². The van der Waals surface area contributed by atoms with Gasteiger partial charge in [-0.1, -0.05) is 32.9 Å². The van der Waals surface area contributed by atoms with Gasteiger partial charge in [-0.3, -0.25) is 0 Å². The molecule has 19 heavy (non-hydrogen) atoms. The van der Waals surface area contributed by atoms with Crippen LogP contribution in [-0.4, -0.2) is 10.1 Å². The van der Waals surface area contributed by atoms with Crippen LogP contribution in [0.25, 0.3) is 0 Å². The summed E-state index contributed by atoms with van der Waals surface area (Å²) in [6, 6.07) is 7.79. The van der Waals surface area contributed by atoms with Gasteiger partial charge in [-0.2, -0.15) is 0 Å². The Kier molecular flexibility index (Phi) is 4.22. The number of nitrogens with zero attached hydrogens (tertiary/aromatic N) is 1. The Bertz CT molecular complexity index is 526. The summed E-state index contributed by atoms with van der Waals surface area (Å²) in [6.45, 7) is 7.34. The quantitative estimate of drug-likeness (QED) is 0.897. The van der Waals surface area contributed by atoms with Gasteiger partial charge in [-0.25, -0.2) is 4.98 Å². The zero-order valence-electron chi connectivity index (χ0n) is 11.6. The lowest BCUT2D eigenvalue weighted by molar-refractivity contribution is 0.282. The molecule has 1 heterocycles. The van der Waals surface area contributed by atoms with Gasteiger partial charge in [0.15, 0.2) is 0 Å². The van der Waals surface area contributed by atoms with Crippen LogP contribution >= 0.6 is 11.3 Å². The zero-order chi connectivity index (χ0) is 13.9. The number of nitrogens with one attached hydrogen (secondary N) is 1. The lowest BCUT2D eigenvalue weighted by Crippen LogP contribution is -2.11. The fraction of sp³-hybridized carbons (Fsp3) is 0.400. The normalized spacial score (nSPS) is 11.6. The number of aliphatic hydroxyl groups excluding tert-OH is 1. The van der Waals surface area contributed by atoms with Crippen LogP contribution in [0.5, 0.6) is 0 Å². The maximum atomic E-state index is 8.99. The van der Waals surface area contributed by atoms with Crippen LogP contribution in [0.3, 0.4) is 0 Å². The maximum absolute atomic E-state index is 8.99. The van der Waals surface area contributed by atoms with Crippen molar-refractivity contribution in [2.75, 3.05) is 5.32 Å². The Morgan fingerprint density at radius 2 is 1.89 bits per heavy atom. The standard InChI is InChI=1S/C15H20N2OS/c1-15(2,3)14-17-13(10-19-14)8-16-12-6-4-11(9-18)5-7-12/h4-7,10,16,18H,8-9H2,1-3H3. The Morgan fingerprint density at radius 1 is 1.21 bits per heavy atom. The van der Waals surface area contributed by atoms with Gasteiger partial charge < -0.3 is 10.4 Å². The van der Waals surface area contributed by atoms with Gasteiger partial charge >= 0.3 is 0 Å². The van der Waals surface area contributed by atoms with Crippen molar-refractivity contribution in [2.24, 2.45) is 0 Å². The number of aliphatic hydroxyl groups is 1. The average molecular weight is 276 g/mol. The largest absolute Gasteiger partial charge is 0.392 e. The summed E-state index contributed by atoms with van der Waals surface area (Å²) in [5.74, 6) is 0. The molecule has 0 aliphatic rings. The number of hydrogen-bond acceptors (Lipinski definition) is 4. The van der Waals surface area contributed by atoms with Crippen molar-refractivity contribution in [1.29, 1.82) is 0 Å². The first-order valence-electron chi connectivity index (χ1n) is 6.37. The average Bonchev–Trinajstić information content (AvgIpc) is 2.86. The lowest BCUT2D eigenvalue weighted by Gasteiger charge is -2.13. The SMILES string of the molecule is CC(C)(C)c1nc(CNc2ccc(CO)cc2)cs1. The molecule has 0 saturated heterocycles. The Labute approximate surface area is 118 Å². The van der Waals surface area contributed by atoms with Gasteiger partial charge in [0.1, 0.15) is 0 Å². The van der Waals surface area contributed by atoms with E-state index in [2.05, 4.69) is 36.5 Å². The van der Waals surface area contributed by atoms with Crippen molar-refractivity contribution >= 4 is 17.0 Å². The third-order valence-electron chi connectivity index (χ3n) is 2.80. The molecule has 2 aromatic rings. The van der Waals surface area contributed by atoms with Crippen LogP contribution in [0.2, 0.25) is 0 Å². The molecule has 4 heteroatoms. The van der Waals surface area contributed by atoms with Gasteiger partial charge in [0.05, 0.1) is 23.9 Å². The summed E-state index contributed by atoms with van der Waals surface area (Å²) in [5, 5.41) is 15.6. The van der Waals surface area contributed by atoms with Gasteiger partial charge in [0.25, 0.3) is 0 Å². The van der Waals surface area contributed by atoms with E-state index in [4.69, 9.17) is 5.11 Å². The molecular formula is C15H20N2OS. The highest BCUT2D eigenvalue weighted by atomic mass is 32.1. The number of anilines is 1. The second-order valence-corrected chi connectivity index (χ2v) is 6.46. The highest BCUT2D eigenvalue weighted by Crippen LogP contribution is 2.25. The van der Waals surface area contributed by atoms with Gasteiger partial charge in [-0.15, -0.1) is 11.3 Å². The van der Waals surface area contributed by atoms with Crippen LogP contribution in [0, 0.1) is 0 Å². The molecule has 0 aliphatic carbocycles. The molecule has 0 spiro atoms. The maximum Gasteiger partial charge on any atom is 0.0982 e. The van der Waals surface area contributed by atoms with E-state index < -0.39 is 0 Å². The molecule has 0 saturated carbocycles. The summed E-state index contributed by atoms with van der Waals surface area (Å²) in [5.41, 5.74) is 3.16. The third-order valence-corrected chi connectivity index (χ3v) is 4.12. The van der Waals surface area contributed by atoms with E-state index in [1.165, 1.54) is 5.01 Å². The van der Waals surface area contributed by atoms with Crippen molar-refractivity contribution in [1.82, 2.24) is 4.98 Å². The molecule has 0 radical (unpaired) electrons. The molecule has 0 aliphatic heterocycles. The summed E-state index contributed by atoms with van der Waals surface area (Å²) in [6.07, 6.45) is 0. The van der Waals surface area contributed by atoms with Gasteiger partial charge in [0.2, 0.25) is 0 Å². The lowest BCUT2D eigenvalue weighted by atomic mass is 9.98. The van der Waals surface area contributed by atoms with E-state index in [-0.39, 0.29) is 12.0 Å². The highest BCUT2D eigenvalue weighted by molar-refractivity contribution is 7.09. The van der Waals surface area contributed by atoms with Crippen LogP contribution in [-0.2, 0) is 18.6 Å². The second kappa shape index (κ2) is 5.72. The minimum atomic E-state index is 0.0846. The minimum absolute atomic E-state index is 0.0846. The molecule has 102 valence electrons. The monoisotopic (exact) mass is 276 g/mol. The molecule has 0 bridgehead atoms. The van der Waals surface area contributed by atoms with Crippen LogP contribution < -0.4 is 5.32 Å². The number of aromatic nitrogens is 1. The predicted molar refractivity (Wildman–Crippen MR) is 80.5 cm³/mol. The molecule has 3 nitrogen and oxygen atoms in total. The van der Waals surface area contributed by atoms with Crippen molar-refractivity contribution in [3.8, 4) is 0 Å². The zero-order valence-corrected chi connectivity index (χ0v) is 12.4. The Morgan fingerprint density at radius 3 is 2.42 bits per heavy atom. The smallest absolute Gasteiger partial charge is 0.0982 e. The Hall–Kier alpha value is -1.39. The van der Waals surface area contributed by atoms with E-state index in [1.807, 2.05) is 24.3 Å². The molecule has 1 aromatic heterocycles. The molecule has 0 fully saturated rings. The number of benzene rings is 1. The fourth-order valence-corrected chi connectivity index (χ4v) is 2.56. The minimum Gasteiger partial charge on any atom is -0.392 e. The number of thiazole rings is 1. The van der Waals surface area contributed by atoms with Gasteiger partial charge in [0, 0.05) is 16.5 Å². The number of hydrogen-bond donors (Lipinski definition) is 2. The summed E-state index contributed by atoms with van der Waals surface area (Å²) >= 11 is 1.71. The molecule has 0 unspecified atom stereocenters. The van der Waals surface area contributed by atoms with E-state index in [9.17, 15) is 0 Å². The summed E-state index contributed by atoms with van der Waals surface area (Å²) in [4.78, 5) is 4.65. The summed E-state index contributed by atoms with van der Waals surface area (Å²) in [7, 11) is 0. The molecule has 0 amide bonds. The van der Waals surface area contributed by atoms with Gasteiger partial charge in [-0.05, 0) is 17.7 Å². The predicted octanol–water partition coefficient (Wildman–Crippen LogP) is 3.55. The molecule has 2 rings (SSSR count). The van der Waals surface area contributed by atoms with E-state index in [0.717, 1.165) is 23.5 Å². The molecule has 1 aromatic carbocycles. The van der Waals surface area contributed by atoms with E-state index in [1.54, 1.807) is 11.3 Å². The van der Waals surface area contributed by atoms with Crippen molar-refractivity contribution in [3.05, 3.63) is 45.9 Å². The summed E-state index contributed by atoms with van der Waals surface area (Å²) < 4.78 is 0. The fourth-order valence-electron chi connectivity index (χ4n) is 1.65. The van der Waals surface area contributed by atoms with Crippen LogP contribution in [0.4, 0.5) is 5.69 Å². The van der Waals surface area contributed by atoms with Crippen LogP contribution in [0.1, 0.15) is 37.0 Å². The molecular weight excluding hydrogens is 256 g/mol. The van der Waals surface area contributed by atoms with Crippen LogP contribution in [0.15, 0.2) is 29.6 Å². The van der Waals surface area contributed by atoms with E-state index >= 15 is 0 Å². The molecule has 2 N–H and O–H groups in total. The number of rotatable bonds is 4. The topological polar surface area (TPSA) is 45.2 Å². The third kappa shape index (κ3) is 3.78. The van der Waals surface area contributed by atoms with E-state index in [0.29, 0.717) is 0 Å². The highest BCUT2D eigenvalue weighted by Gasteiger charge is 2.17. The first-order chi connectivity index (χ1) is 8.99. The second-order valence-electron chi connectivity index (χ2n) is 5.60.